The SMILES string of the molecule is O=C(Nc1ccc(S(=O)(=O)N2CCCCC2)cc1)C1CC(=O)N(Cc2ccco2)C1. The number of carbonyl (C=O) groups is 2. The van der Waals surface area contributed by atoms with Gasteiger partial charge in [0.25, 0.3) is 0 Å². The molecule has 0 radical (unpaired) electrons. The largest absolute Gasteiger partial charge is 0.467 e. The fraction of sp³-hybridized carbons (Fsp3) is 0.429. The number of anilines is 1. The Hall–Kier alpha value is -2.65. The number of rotatable bonds is 6. The topological polar surface area (TPSA) is 99.9 Å². The molecule has 3 heterocycles. The Kier molecular flexibility index (Phi) is 5.92. The van der Waals surface area contributed by atoms with Crippen molar-refractivity contribution in [1.29, 1.82) is 0 Å². The van der Waals surface area contributed by atoms with Crippen LogP contribution in [0.25, 0.3) is 0 Å². The monoisotopic (exact) mass is 431 g/mol. The lowest BCUT2D eigenvalue weighted by atomic mass is 10.1. The number of furan rings is 1. The molecule has 160 valence electrons. The number of piperidine rings is 1. The fourth-order valence-electron chi connectivity index (χ4n) is 3.90. The predicted molar refractivity (Wildman–Crippen MR) is 110 cm³/mol. The molecule has 2 fully saturated rings. The third kappa shape index (κ3) is 4.41. The number of hydrogen-bond donors (Lipinski definition) is 1. The number of amides is 2. The predicted octanol–water partition coefficient (Wildman–Crippen LogP) is 2.44. The van der Waals surface area contributed by atoms with Gasteiger partial charge < -0.3 is 14.6 Å². The van der Waals surface area contributed by atoms with Crippen molar-refractivity contribution in [2.24, 2.45) is 5.92 Å². The van der Waals surface area contributed by atoms with E-state index in [2.05, 4.69) is 5.32 Å². The fourth-order valence-corrected chi connectivity index (χ4v) is 5.42. The highest BCUT2D eigenvalue weighted by atomic mass is 32.2. The maximum Gasteiger partial charge on any atom is 0.243 e. The highest BCUT2D eigenvalue weighted by Crippen LogP contribution is 2.24. The van der Waals surface area contributed by atoms with Crippen molar-refractivity contribution >= 4 is 27.5 Å². The first-order valence-electron chi connectivity index (χ1n) is 10.1. The van der Waals surface area contributed by atoms with Gasteiger partial charge in [0.05, 0.1) is 23.6 Å². The maximum absolute atomic E-state index is 12.7. The lowest BCUT2D eigenvalue weighted by Crippen LogP contribution is -2.35. The lowest BCUT2D eigenvalue weighted by molar-refractivity contribution is -0.128. The van der Waals surface area contributed by atoms with Gasteiger partial charge in [0.1, 0.15) is 5.76 Å². The minimum absolute atomic E-state index is 0.0884. The molecule has 4 rings (SSSR count). The van der Waals surface area contributed by atoms with E-state index < -0.39 is 15.9 Å². The van der Waals surface area contributed by atoms with Crippen molar-refractivity contribution < 1.29 is 22.4 Å². The molecule has 1 unspecified atom stereocenters. The molecule has 0 spiro atoms. The van der Waals surface area contributed by atoms with E-state index in [0.29, 0.717) is 37.6 Å². The summed E-state index contributed by atoms with van der Waals surface area (Å²) in [6.07, 6.45) is 4.51. The normalized spacial score (nSPS) is 20.5. The quantitative estimate of drug-likeness (QED) is 0.757. The molecule has 1 atom stereocenters. The Bertz CT molecular complexity index is 996. The summed E-state index contributed by atoms with van der Waals surface area (Å²) in [7, 11) is -3.50. The van der Waals surface area contributed by atoms with Crippen molar-refractivity contribution in [2.45, 2.75) is 37.1 Å². The van der Waals surface area contributed by atoms with Gasteiger partial charge in [0, 0.05) is 31.7 Å². The highest BCUT2D eigenvalue weighted by Gasteiger charge is 2.34. The average Bonchev–Trinajstić information content (AvgIpc) is 3.39. The van der Waals surface area contributed by atoms with Crippen LogP contribution in [0.5, 0.6) is 0 Å². The maximum atomic E-state index is 12.7. The molecular formula is C21H25N3O5S. The second kappa shape index (κ2) is 8.61. The molecule has 1 aromatic carbocycles. The van der Waals surface area contributed by atoms with Gasteiger partial charge in [-0.15, -0.1) is 0 Å². The summed E-state index contributed by atoms with van der Waals surface area (Å²) in [5.41, 5.74) is 0.509. The Morgan fingerprint density at radius 2 is 1.83 bits per heavy atom. The van der Waals surface area contributed by atoms with Crippen LogP contribution in [0.3, 0.4) is 0 Å². The van der Waals surface area contributed by atoms with Crippen molar-refractivity contribution in [1.82, 2.24) is 9.21 Å². The summed E-state index contributed by atoms with van der Waals surface area (Å²) in [6.45, 7) is 1.77. The number of likely N-dealkylation sites (tertiary alicyclic amines) is 1. The van der Waals surface area contributed by atoms with Gasteiger partial charge in [-0.1, -0.05) is 6.42 Å². The third-order valence-corrected chi connectivity index (χ3v) is 7.50. The van der Waals surface area contributed by atoms with Gasteiger partial charge in [-0.3, -0.25) is 9.59 Å². The van der Waals surface area contributed by atoms with E-state index in [1.54, 1.807) is 35.4 Å². The first kappa shape index (κ1) is 20.6. The lowest BCUT2D eigenvalue weighted by Gasteiger charge is -2.25. The third-order valence-electron chi connectivity index (χ3n) is 5.59. The highest BCUT2D eigenvalue weighted by molar-refractivity contribution is 7.89. The van der Waals surface area contributed by atoms with E-state index >= 15 is 0 Å². The van der Waals surface area contributed by atoms with Gasteiger partial charge >= 0.3 is 0 Å². The van der Waals surface area contributed by atoms with Crippen molar-refractivity contribution in [3.8, 4) is 0 Å². The minimum atomic E-state index is -3.50. The second-order valence-corrected chi connectivity index (χ2v) is 9.67. The number of hydrogen-bond acceptors (Lipinski definition) is 5. The Morgan fingerprint density at radius 1 is 1.10 bits per heavy atom. The number of nitrogens with one attached hydrogen (secondary N) is 1. The summed E-state index contributed by atoms with van der Waals surface area (Å²) < 4.78 is 32.2. The number of sulfonamides is 1. The minimum Gasteiger partial charge on any atom is -0.467 e. The zero-order valence-electron chi connectivity index (χ0n) is 16.6. The second-order valence-electron chi connectivity index (χ2n) is 7.73. The van der Waals surface area contributed by atoms with Crippen LogP contribution in [0.2, 0.25) is 0 Å². The molecule has 8 nitrogen and oxygen atoms in total. The van der Waals surface area contributed by atoms with E-state index in [9.17, 15) is 18.0 Å². The average molecular weight is 432 g/mol. The van der Waals surface area contributed by atoms with Crippen LogP contribution in [0.1, 0.15) is 31.4 Å². The summed E-state index contributed by atoms with van der Waals surface area (Å²) in [5, 5.41) is 2.79. The van der Waals surface area contributed by atoms with Gasteiger partial charge in [-0.2, -0.15) is 4.31 Å². The van der Waals surface area contributed by atoms with E-state index in [0.717, 1.165) is 19.3 Å². The van der Waals surface area contributed by atoms with Crippen molar-refractivity contribution in [3.63, 3.8) is 0 Å². The van der Waals surface area contributed by atoms with Crippen LogP contribution in [0, 0.1) is 5.92 Å². The molecule has 2 amide bonds. The Balaban J connectivity index is 1.36. The van der Waals surface area contributed by atoms with Crippen LogP contribution in [0.15, 0.2) is 52.0 Å². The smallest absolute Gasteiger partial charge is 0.243 e. The molecule has 2 aliphatic rings. The van der Waals surface area contributed by atoms with Crippen LogP contribution in [-0.2, 0) is 26.2 Å². The summed E-state index contributed by atoms with van der Waals surface area (Å²) in [5.74, 6) is -0.120. The van der Waals surface area contributed by atoms with Crippen LogP contribution < -0.4 is 5.32 Å². The van der Waals surface area contributed by atoms with Gasteiger partial charge in [0.15, 0.2) is 0 Å². The molecule has 0 bridgehead atoms. The summed E-state index contributed by atoms with van der Waals surface area (Å²) >= 11 is 0. The molecule has 1 aromatic heterocycles. The summed E-state index contributed by atoms with van der Waals surface area (Å²) in [6, 6.07) is 9.76. The number of carbonyl (C=O) groups excluding carboxylic acids is 2. The molecule has 2 aromatic rings. The van der Waals surface area contributed by atoms with Crippen molar-refractivity contribution in [3.05, 3.63) is 48.4 Å². The van der Waals surface area contributed by atoms with Crippen LogP contribution in [0.4, 0.5) is 5.69 Å². The molecule has 30 heavy (non-hydrogen) atoms. The zero-order valence-corrected chi connectivity index (χ0v) is 17.4. The number of nitrogens with zero attached hydrogens (tertiary/aromatic N) is 2. The van der Waals surface area contributed by atoms with E-state index in [-0.39, 0.29) is 23.1 Å². The Labute approximate surface area is 175 Å². The zero-order chi connectivity index (χ0) is 21.1. The van der Waals surface area contributed by atoms with Gasteiger partial charge in [0.2, 0.25) is 21.8 Å². The van der Waals surface area contributed by atoms with Crippen LogP contribution >= 0.6 is 0 Å². The van der Waals surface area contributed by atoms with Crippen LogP contribution in [-0.4, -0.2) is 49.1 Å². The first-order chi connectivity index (χ1) is 14.4. The molecule has 2 aliphatic heterocycles. The van der Waals surface area contributed by atoms with E-state index in [1.165, 1.54) is 16.4 Å². The molecule has 9 heteroatoms. The molecule has 0 aliphatic carbocycles. The Morgan fingerprint density at radius 3 is 2.50 bits per heavy atom. The van der Waals surface area contributed by atoms with E-state index in [1.807, 2.05) is 0 Å². The molecular weight excluding hydrogens is 406 g/mol. The molecule has 0 saturated carbocycles. The standard InChI is InChI=1S/C21H25N3O5S/c25-20-13-16(14-23(20)15-18-5-4-12-29-18)21(26)22-17-6-8-19(9-7-17)30(27,28)24-10-2-1-3-11-24/h4-9,12,16H,1-3,10-11,13-15H2,(H,22,26). The first-order valence-corrected chi connectivity index (χ1v) is 11.6. The van der Waals surface area contributed by atoms with Gasteiger partial charge in [-0.25, -0.2) is 8.42 Å². The van der Waals surface area contributed by atoms with Gasteiger partial charge in [-0.05, 0) is 49.2 Å². The van der Waals surface area contributed by atoms with E-state index in [4.69, 9.17) is 4.42 Å². The number of benzene rings is 1. The summed E-state index contributed by atoms with van der Waals surface area (Å²) in [4.78, 5) is 26.6. The molecule has 2 saturated heterocycles. The van der Waals surface area contributed by atoms with Crippen molar-refractivity contribution in [2.75, 3.05) is 25.0 Å². The molecule has 1 N–H and O–H groups in total.